The maximum atomic E-state index is 11.3. The third-order valence-corrected chi connectivity index (χ3v) is 1.40. The van der Waals surface area contributed by atoms with Gasteiger partial charge in [0, 0.05) is 0 Å². The topological polar surface area (TPSA) is 46.6 Å². The van der Waals surface area contributed by atoms with Gasteiger partial charge in [-0.05, 0) is 27.9 Å². The van der Waals surface area contributed by atoms with Gasteiger partial charge in [0.15, 0.2) is 11.8 Å². The van der Waals surface area contributed by atoms with Crippen LogP contribution in [0.2, 0.25) is 0 Å². The first kappa shape index (κ1) is 11.8. The minimum absolute atomic E-state index is 0.240. The number of likely N-dealkylation sites (N-methyl/N-ethyl adjacent to an activating group) is 1. The zero-order chi connectivity index (χ0) is 10.6. The van der Waals surface area contributed by atoms with Crippen LogP contribution in [0.4, 0.5) is 0 Å². The Morgan fingerprint density at radius 1 is 1.31 bits per heavy atom. The molecule has 1 unspecified atom stereocenters. The van der Waals surface area contributed by atoms with Crippen LogP contribution in [0.15, 0.2) is 12.3 Å². The van der Waals surface area contributed by atoms with Crippen LogP contribution in [0.3, 0.4) is 0 Å². The van der Waals surface area contributed by atoms with E-state index >= 15 is 0 Å². The van der Waals surface area contributed by atoms with Crippen LogP contribution >= 0.6 is 0 Å². The van der Waals surface area contributed by atoms with Gasteiger partial charge in [-0.25, -0.2) is 4.79 Å². The van der Waals surface area contributed by atoms with E-state index in [0.29, 0.717) is 0 Å². The second-order valence-corrected chi connectivity index (χ2v) is 3.10. The third-order valence-electron chi connectivity index (χ3n) is 1.40. The van der Waals surface area contributed by atoms with Gasteiger partial charge < -0.3 is 4.74 Å². The quantitative estimate of drug-likeness (QED) is 0.365. The summed E-state index contributed by atoms with van der Waals surface area (Å²) in [7, 11) is 3.29. The van der Waals surface area contributed by atoms with Crippen LogP contribution in [-0.2, 0) is 14.3 Å². The monoisotopic (exact) mass is 185 g/mol. The Kier molecular flexibility index (Phi) is 4.34. The standard InChI is InChI=1S/C9H15NO3/c1-6(2)13-9(12)8(7(3)11)10(4)5/h8H,1H2,2-5H3. The third kappa shape index (κ3) is 3.85. The predicted octanol–water partition coefficient (Wildman–Crippen LogP) is 0.582. The highest BCUT2D eigenvalue weighted by Crippen LogP contribution is 2.02. The van der Waals surface area contributed by atoms with Gasteiger partial charge in [-0.1, -0.05) is 6.58 Å². The Morgan fingerprint density at radius 2 is 1.77 bits per heavy atom. The van der Waals surface area contributed by atoms with Crippen molar-refractivity contribution in [2.24, 2.45) is 0 Å². The smallest absolute Gasteiger partial charge is 0.336 e. The molecule has 0 radical (unpaired) electrons. The Hall–Kier alpha value is -1.16. The first-order valence-corrected chi connectivity index (χ1v) is 3.90. The summed E-state index contributed by atoms with van der Waals surface area (Å²) in [6, 6.07) is -0.836. The first-order chi connectivity index (χ1) is 5.86. The number of carbonyl (C=O) groups is 2. The van der Waals surface area contributed by atoms with Crippen LogP contribution in [0, 0.1) is 0 Å². The molecule has 0 aromatic carbocycles. The maximum Gasteiger partial charge on any atom is 0.336 e. The summed E-state index contributed by atoms with van der Waals surface area (Å²) in [5, 5.41) is 0. The Morgan fingerprint density at radius 3 is 2.00 bits per heavy atom. The van der Waals surface area contributed by atoms with E-state index in [1.165, 1.54) is 11.8 Å². The number of rotatable bonds is 4. The van der Waals surface area contributed by atoms with Gasteiger partial charge in [0.2, 0.25) is 0 Å². The van der Waals surface area contributed by atoms with E-state index in [4.69, 9.17) is 4.74 Å². The van der Waals surface area contributed by atoms with Crippen molar-refractivity contribution in [1.29, 1.82) is 0 Å². The van der Waals surface area contributed by atoms with Crippen LogP contribution in [0.5, 0.6) is 0 Å². The minimum atomic E-state index is -0.836. The van der Waals surface area contributed by atoms with E-state index in [0.717, 1.165) is 0 Å². The van der Waals surface area contributed by atoms with Crippen LogP contribution in [0.25, 0.3) is 0 Å². The molecule has 0 saturated carbocycles. The van der Waals surface area contributed by atoms with Crippen molar-refractivity contribution in [3.63, 3.8) is 0 Å². The highest BCUT2D eigenvalue weighted by atomic mass is 16.5. The number of carbonyl (C=O) groups excluding carboxylic acids is 2. The van der Waals surface area contributed by atoms with Gasteiger partial charge in [-0.2, -0.15) is 0 Å². The number of esters is 1. The molecule has 0 aliphatic rings. The lowest BCUT2D eigenvalue weighted by Crippen LogP contribution is -2.42. The summed E-state index contributed by atoms with van der Waals surface area (Å²) >= 11 is 0. The van der Waals surface area contributed by atoms with E-state index in [9.17, 15) is 9.59 Å². The van der Waals surface area contributed by atoms with E-state index in [-0.39, 0.29) is 11.5 Å². The number of hydrogen-bond donors (Lipinski definition) is 0. The molecule has 0 N–H and O–H groups in total. The van der Waals surface area contributed by atoms with Crippen molar-refractivity contribution in [2.45, 2.75) is 19.9 Å². The number of allylic oxidation sites excluding steroid dienone is 1. The van der Waals surface area contributed by atoms with Crippen LogP contribution in [-0.4, -0.2) is 36.8 Å². The molecule has 4 nitrogen and oxygen atoms in total. The average molecular weight is 185 g/mol. The van der Waals surface area contributed by atoms with Crippen molar-refractivity contribution < 1.29 is 14.3 Å². The summed E-state index contributed by atoms with van der Waals surface area (Å²) in [6.45, 7) is 6.34. The molecule has 0 aliphatic heterocycles. The highest BCUT2D eigenvalue weighted by molar-refractivity contribution is 6.02. The molecule has 0 aromatic heterocycles. The second-order valence-electron chi connectivity index (χ2n) is 3.10. The molecule has 0 saturated heterocycles. The average Bonchev–Trinajstić information content (AvgIpc) is 1.81. The summed E-state index contributed by atoms with van der Waals surface area (Å²) in [5.41, 5.74) is 0. The molecule has 1 atom stereocenters. The number of ether oxygens (including phenoxy) is 1. The molecule has 74 valence electrons. The second kappa shape index (κ2) is 4.77. The molecule has 0 heterocycles. The van der Waals surface area contributed by atoms with Gasteiger partial charge in [0.25, 0.3) is 0 Å². The SMILES string of the molecule is C=C(C)OC(=O)C(C(C)=O)N(C)C. The molecule has 13 heavy (non-hydrogen) atoms. The van der Waals surface area contributed by atoms with Crippen LogP contribution < -0.4 is 0 Å². The predicted molar refractivity (Wildman–Crippen MR) is 49.1 cm³/mol. The zero-order valence-electron chi connectivity index (χ0n) is 8.46. The molecular formula is C9H15NO3. The molecule has 0 aliphatic carbocycles. The molecule has 0 rings (SSSR count). The molecular weight excluding hydrogens is 170 g/mol. The van der Waals surface area contributed by atoms with Crippen molar-refractivity contribution in [3.8, 4) is 0 Å². The Balaban J connectivity index is 4.47. The van der Waals surface area contributed by atoms with Crippen molar-refractivity contribution in [3.05, 3.63) is 12.3 Å². The van der Waals surface area contributed by atoms with Gasteiger partial charge in [-0.3, -0.25) is 9.69 Å². The van der Waals surface area contributed by atoms with Crippen LogP contribution in [0.1, 0.15) is 13.8 Å². The Labute approximate surface area is 78.2 Å². The molecule has 0 fully saturated rings. The Bertz CT molecular complexity index is 233. The van der Waals surface area contributed by atoms with E-state index in [2.05, 4.69) is 6.58 Å². The number of nitrogens with zero attached hydrogens (tertiary/aromatic N) is 1. The van der Waals surface area contributed by atoms with Crippen molar-refractivity contribution >= 4 is 11.8 Å². The minimum Gasteiger partial charge on any atom is -0.431 e. The normalized spacial score (nSPS) is 12.4. The fourth-order valence-electron chi connectivity index (χ4n) is 0.968. The largest absolute Gasteiger partial charge is 0.431 e. The van der Waals surface area contributed by atoms with Crippen molar-refractivity contribution in [2.75, 3.05) is 14.1 Å². The first-order valence-electron chi connectivity index (χ1n) is 3.90. The lowest BCUT2D eigenvalue weighted by atomic mass is 10.2. The van der Waals surface area contributed by atoms with Gasteiger partial charge >= 0.3 is 5.97 Å². The van der Waals surface area contributed by atoms with E-state index in [1.54, 1.807) is 21.0 Å². The molecule has 0 amide bonds. The van der Waals surface area contributed by atoms with Gasteiger partial charge in [0.05, 0.1) is 5.76 Å². The molecule has 0 bridgehead atoms. The summed E-state index contributed by atoms with van der Waals surface area (Å²) < 4.78 is 4.74. The highest BCUT2D eigenvalue weighted by Gasteiger charge is 2.27. The molecule has 0 aromatic rings. The van der Waals surface area contributed by atoms with Gasteiger partial charge in [-0.15, -0.1) is 0 Å². The zero-order valence-corrected chi connectivity index (χ0v) is 8.46. The molecule has 0 spiro atoms. The number of hydrogen-bond acceptors (Lipinski definition) is 4. The molecule has 4 heteroatoms. The van der Waals surface area contributed by atoms with Crippen molar-refractivity contribution in [1.82, 2.24) is 4.90 Å². The summed E-state index contributed by atoms with van der Waals surface area (Å²) in [5.74, 6) is -0.528. The number of ketones is 1. The lowest BCUT2D eigenvalue weighted by molar-refractivity contribution is -0.148. The lowest BCUT2D eigenvalue weighted by Gasteiger charge is -2.19. The fraction of sp³-hybridized carbons (Fsp3) is 0.556. The summed E-state index contributed by atoms with van der Waals surface area (Å²) in [4.78, 5) is 23.8. The maximum absolute atomic E-state index is 11.3. The van der Waals surface area contributed by atoms with E-state index < -0.39 is 12.0 Å². The van der Waals surface area contributed by atoms with E-state index in [1.807, 2.05) is 0 Å². The fourth-order valence-corrected chi connectivity index (χ4v) is 0.968. The summed E-state index contributed by atoms with van der Waals surface area (Å²) in [6.07, 6.45) is 0. The number of Topliss-reactive ketones (excluding diaryl/α,β-unsaturated/α-hetero) is 1. The van der Waals surface area contributed by atoms with Gasteiger partial charge in [0.1, 0.15) is 0 Å².